The fraction of sp³-hybridized carbons (Fsp3) is 0.667. The number of aromatic nitrogens is 2. The average molecular weight is 250 g/mol. The number of anilines is 3. The summed E-state index contributed by atoms with van der Waals surface area (Å²) >= 11 is 0. The fourth-order valence-corrected chi connectivity index (χ4v) is 2.54. The van der Waals surface area contributed by atoms with Crippen LogP contribution in [0.5, 0.6) is 0 Å². The Morgan fingerprint density at radius 2 is 1.94 bits per heavy atom. The maximum absolute atomic E-state index is 5.58. The lowest BCUT2D eigenvalue weighted by Crippen LogP contribution is -2.12. The van der Waals surface area contributed by atoms with Crippen molar-refractivity contribution in [1.29, 1.82) is 0 Å². The van der Waals surface area contributed by atoms with Gasteiger partial charge in [-0.25, -0.2) is 5.84 Å². The van der Waals surface area contributed by atoms with E-state index in [1.807, 2.05) is 0 Å². The Morgan fingerprint density at radius 1 is 1.22 bits per heavy atom. The molecule has 1 fully saturated rings. The minimum atomic E-state index is 0.226. The van der Waals surface area contributed by atoms with Crippen LogP contribution in [0.4, 0.5) is 17.6 Å². The third-order valence-electron chi connectivity index (χ3n) is 3.46. The Kier molecular flexibility index (Phi) is 4.58. The quantitative estimate of drug-likeness (QED) is 0.348. The van der Waals surface area contributed by atoms with Crippen LogP contribution in [0.25, 0.3) is 0 Å². The molecule has 1 aliphatic carbocycles. The molecular weight excluding hydrogens is 228 g/mol. The van der Waals surface area contributed by atoms with Crippen LogP contribution >= 0.6 is 0 Å². The van der Waals surface area contributed by atoms with Gasteiger partial charge in [0.15, 0.2) is 0 Å². The SMILES string of the molecule is NNc1cc(NCCCC2CCCC2)nc(N)n1. The van der Waals surface area contributed by atoms with Gasteiger partial charge < -0.3 is 16.5 Å². The number of nitrogen functional groups attached to an aromatic ring is 2. The highest BCUT2D eigenvalue weighted by Gasteiger charge is 2.13. The lowest BCUT2D eigenvalue weighted by atomic mass is 10.0. The van der Waals surface area contributed by atoms with Crippen LogP contribution < -0.4 is 22.3 Å². The highest BCUT2D eigenvalue weighted by atomic mass is 15.3. The van der Waals surface area contributed by atoms with Gasteiger partial charge in [-0.3, -0.25) is 0 Å². The highest BCUT2D eigenvalue weighted by molar-refractivity contribution is 5.50. The molecule has 0 amide bonds. The number of nitrogens with one attached hydrogen (secondary N) is 2. The predicted molar refractivity (Wildman–Crippen MR) is 73.9 cm³/mol. The van der Waals surface area contributed by atoms with Crippen molar-refractivity contribution >= 4 is 17.6 Å². The van der Waals surface area contributed by atoms with Crippen molar-refractivity contribution in [3.8, 4) is 0 Å². The second-order valence-electron chi connectivity index (χ2n) is 4.86. The number of hydrazine groups is 1. The van der Waals surface area contributed by atoms with E-state index in [0.717, 1.165) is 18.3 Å². The Morgan fingerprint density at radius 3 is 2.67 bits per heavy atom. The van der Waals surface area contributed by atoms with E-state index >= 15 is 0 Å². The Balaban J connectivity index is 1.73. The van der Waals surface area contributed by atoms with E-state index in [4.69, 9.17) is 11.6 Å². The number of rotatable bonds is 6. The molecule has 1 heterocycles. The molecule has 0 unspecified atom stereocenters. The van der Waals surface area contributed by atoms with E-state index in [1.165, 1.54) is 38.5 Å². The van der Waals surface area contributed by atoms with E-state index in [1.54, 1.807) is 6.07 Å². The first-order chi connectivity index (χ1) is 8.78. The number of nitrogens with zero attached hydrogens (tertiary/aromatic N) is 2. The minimum Gasteiger partial charge on any atom is -0.370 e. The Labute approximate surface area is 108 Å². The van der Waals surface area contributed by atoms with Gasteiger partial charge in [0.1, 0.15) is 11.6 Å². The molecule has 1 aromatic heterocycles. The first kappa shape index (κ1) is 12.9. The van der Waals surface area contributed by atoms with Crippen molar-refractivity contribution in [1.82, 2.24) is 9.97 Å². The fourth-order valence-electron chi connectivity index (χ4n) is 2.54. The van der Waals surface area contributed by atoms with E-state index in [9.17, 15) is 0 Å². The Hall–Kier alpha value is -1.56. The molecule has 1 saturated carbocycles. The van der Waals surface area contributed by atoms with Gasteiger partial charge in [0.25, 0.3) is 0 Å². The van der Waals surface area contributed by atoms with Gasteiger partial charge >= 0.3 is 0 Å². The second kappa shape index (κ2) is 6.39. The zero-order chi connectivity index (χ0) is 12.8. The van der Waals surface area contributed by atoms with Crippen molar-refractivity contribution in [2.45, 2.75) is 38.5 Å². The molecule has 6 nitrogen and oxygen atoms in total. The van der Waals surface area contributed by atoms with Crippen molar-refractivity contribution in [3.63, 3.8) is 0 Å². The van der Waals surface area contributed by atoms with Gasteiger partial charge in [0.05, 0.1) is 0 Å². The van der Waals surface area contributed by atoms with E-state index in [-0.39, 0.29) is 5.95 Å². The summed E-state index contributed by atoms with van der Waals surface area (Å²) in [5.41, 5.74) is 8.05. The molecular formula is C12H22N6. The second-order valence-corrected chi connectivity index (χ2v) is 4.86. The van der Waals surface area contributed by atoms with Crippen molar-refractivity contribution < 1.29 is 0 Å². The normalized spacial score (nSPS) is 15.8. The third-order valence-corrected chi connectivity index (χ3v) is 3.46. The monoisotopic (exact) mass is 250 g/mol. The van der Waals surface area contributed by atoms with Gasteiger partial charge in [-0.05, 0) is 18.8 Å². The maximum atomic E-state index is 5.58. The van der Waals surface area contributed by atoms with E-state index < -0.39 is 0 Å². The topological polar surface area (TPSA) is 102 Å². The van der Waals surface area contributed by atoms with Crippen LogP contribution in [-0.2, 0) is 0 Å². The molecule has 1 aliphatic rings. The van der Waals surface area contributed by atoms with Gasteiger partial charge in [0, 0.05) is 12.6 Å². The average Bonchev–Trinajstić information content (AvgIpc) is 2.87. The van der Waals surface area contributed by atoms with Crippen molar-refractivity contribution in [2.75, 3.05) is 23.0 Å². The molecule has 1 aromatic rings. The lowest BCUT2D eigenvalue weighted by Gasteiger charge is -2.10. The summed E-state index contributed by atoms with van der Waals surface area (Å²) in [4.78, 5) is 8.05. The zero-order valence-corrected chi connectivity index (χ0v) is 10.7. The predicted octanol–water partition coefficient (Wildman–Crippen LogP) is 1.73. The molecule has 6 heteroatoms. The van der Waals surface area contributed by atoms with E-state index in [2.05, 4.69) is 20.7 Å². The van der Waals surface area contributed by atoms with Crippen LogP contribution in [0.3, 0.4) is 0 Å². The summed E-state index contributed by atoms with van der Waals surface area (Å²) in [6, 6.07) is 1.76. The standard InChI is InChI=1S/C12H22N6/c13-12-16-10(8-11(17-12)18-14)15-7-3-6-9-4-1-2-5-9/h8-9H,1-7,14H2,(H4,13,15,16,17,18). The molecule has 100 valence electrons. The number of hydrogen-bond acceptors (Lipinski definition) is 6. The summed E-state index contributed by atoms with van der Waals surface area (Å²) in [6.07, 6.45) is 8.09. The summed E-state index contributed by atoms with van der Waals surface area (Å²) < 4.78 is 0. The molecule has 0 aromatic carbocycles. The summed E-state index contributed by atoms with van der Waals surface area (Å²) in [5.74, 6) is 7.71. The third kappa shape index (κ3) is 3.73. The highest BCUT2D eigenvalue weighted by Crippen LogP contribution is 2.28. The lowest BCUT2D eigenvalue weighted by molar-refractivity contribution is 0.491. The molecule has 0 radical (unpaired) electrons. The number of nitrogens with two attached hydrogens (primary N) is 2. The maximum Gasteiger partial charge on any atom is 0.223 e. The molecule has 0 atom stereocenters. The van der Waals surface area contributed by atoms with Crippen molar-refractivity contribution in [3.05, 3.63) is 6.07 Å². The summed E-state index contributed by atoms with van der Waals surface area (Å²) in [7, 11) is 0. The van der Waals surface area contributed by atoms with Gasteiger partial charge in [-0.2, -0.15) is 9.97 Å². The minimum absolute atomic E-state index is 0.226. The smallest absolute Gasteiger partial charge is 0.223 e. The molecule has 18 heavy (non-hydrogen) atoms. The Bertz CT molecular complexity index is 375. The van der Waals surface area contributed by atoms with Crippen molar-refractivity contribution in [2.24, 2.45) is 11.8 Å². The van der Waals surface area contributed by atoms with Gasteiger partial charge in [0.2, 0.25) is 5.95 Å². The molecule has 2 rings (SSSR count). The van der Waals surface area contributed by atoms with Gasteiger partial charge in [-0.15, -0.1) is 0 Å². The summed E-state index contributed by atoms with van der Waals surface area (Å²) in [5, 5.41) is 3.26. The van der Waals surface area contributed by atoms with Crippen LogP contribution in [0.1, 0.15) is 38.5 Å². The molecule has 0 saturated heterocycles. The zero-order valence-electron chi connectivity index (χ0n) is 10.7. The van der Waals surface area contributed by atoms with Gasteiger partial charge in [-0.1, -0.05) is 25.7 Å². The molecule has 0 spiro atoms. The van der Waals surface area contributed by atoms with Crippen LogP contribution in [0.2, 0.25) is 0 Å². The largest absolute Gasteiger partial charge is 0.370 e. The first-order valence-electron chi connectivity index (χ1n) is 6.63. The van der Waals surface area contributed by atoms with Crippen LogP contribution in [0, 0.1) is 5.92 Å². The van der Waals surface area contributed by atoms with Crippen LogP contribution in [0.15, 0.2) is 6.07 Å². The molecule has 6 N–H and O–H groups in total. The van der Waals surface area contributed by atoms with E-state index in [0.29, 0.717) is 5.82 Å². The molecule has 0 aliphatic heterocycles. The first-order valence-corrected chi connectivity index (χ1v) is 6.63. The number of hydrogen-bond donors (Lipinski definition) is 4. The van der Waals surface area contributed by atoms with Crippen LogP contribution in [-0.4, -0.2) is 16.5 Å². The molecule has 0 bridgehead atoms. The summed E-state index contributed by atoms with van der Waals surface area (Å²) in [6.45, 7) is 0.914.